The number of aryl methyl sites for hydroxylation is 4. The molecule has 0 atom stereocenters. The zero-order chi connectivity index (χ0) is 24.2. The highest BCUT2D eigenvalue weighted by atomic mass is 16.2. The van der Waals surface area contributed by atoms with Crippen LogP contribution in [0, 0.1) is 27.7 Å². The van der Waals surface area contributed by atoms with Crippen LogP contribution in [0.25, 0.3) is 16.9 Å². The second kappa shape index (κ2) is 9.75. The van der Waals surface area contributed by atoms with Crippen molar-refractivity contribution in [3.63, 3.8) is 0 Å². The SMILES string of the molecule is Cc1cccc(-c2nn(-c3ccccc3)cc2C(=O)NCC(=O)Nc2c(C)cc(C)cc2C)c1. The van der Waals surface area contributed by atoms with Gasteiger partial charge in [-0.15, -0.1) is 0 Å². The molecule has 6 nitrogen and oxygen atoms in total. The zero-order valence-electron chi connectivity index (χ0n) is 19.8. The van der Waals surface area contributed by atoms with Crippen LogP contribution in [0.2, 0.25) is 0 Å². The molecule has 0 aliphatic heterocycles. The van der Waals surface area contributed by atoms with E-state index in [0.717, 1.165) is 39.2 Å². The topological polar surface area (TPSA) is 76.0 Å². The predicted octanol–water partition coefficient (Wildman–Crippen LogP) is 5.14. The van der Waals surface area contributed by atoms with E-state index >= 15 is 0 Å². The van der Waals surface area contributed by atoms with Gasteiger partial charge in [0.15, 0.2) is 0 Å². The molecule has 172 valence electrons. The first-order valence-corrected chi connectivity index (χ1v) is 11.2. The van der Waals surface area contributed by atoms with Crippen LogP contribution in [0.1, 0.15) is 32.6 Å². The van der Waals surface area contributed by atoms with Crippen LogP contribution in [0.15, 0.2) is 72.9 Å². The molecule has 4 rings (SSSR count). The summed E-state index contributed by atoms with van der Waals surface area (Å²) in [5, 5.41) is 10.4. The summed E-state index contributed by atoms with van der Waals surface area (Å²) in [5.41, 5.74) is 7.63. The first-order chi connectivity index (χ1) is 16.3. The number of aromatic nitrogens is 2. The molecule has 0 aliphatic rings. The van der Waals surface area contributed by atoms with Crippen molar-refractivity contribution in [2.24, 2.45) is 0 Å². The average Bonchev–Trinajstić information content (AvgIpc) is 3.26. The van der Waals surface area contributed by atoms with E-state index in [1.54, 1.807) is 10.9 Å². The molecular weight excluding hydrogens is 424 g/mol. The van der Waals surface area contributed by atoms with Crippen LogP contribution in [-0.4, -0.2) is 28.1 Å². The lowest BCUT2D eigenvalue weighted by Crippen LogP contribution is -2.33. The molecule has 0 bridgehead atoms. The highest BCUT2D eigenvalue weighted by molar-refractivity contribution is 6.03. The first-order valence-electron chi connectivity index (χ1n) is 11.2. The lowest BCUT2D eigenvalue weighted by molar-refractivity contribution is -0.115. The lowest BCUT2D eigenvalue weighted by Gasteiger charge is -2.13. The van der Waals surface area contributed by atoms with Gasteiger partial charge in [-0.2, -0.15) is 5.10 Å². The molecule has 2 amide bonds. The molecule has 0 spiro atoms. The highest BCUT2D eigenvalue weighted by Crippen LogP contribution is 2.25. The Labute approximate surface area is 199 Å². The highest BCUT2D eigenvalue weighted by Gasteiger charge is 2.20. The number of para-hydroxylation sites is 1. The van der Waals surface area contributed by atoms with Gasteiger partial charge in [0.25, 0.3) is 5.91 Å². The number of rotatable bonds is 6. The normalized spacial score (nSPS) is 10.7. The van der Waals surface area contributed by atoms with Crippen LogP contribution in [0.4, 0.5) is 5.69 Å². The van der Waals surface area contributed by atoms with Gasteiger partial charge in [0.2, 0.25) is 5.91 Å². The molecule has 0 aliphatic carbocycles. The second-order valence-electron chi connectivity index (χ2n) is 8.55. The van der Waals surface area contributed by atoms with Gasteiger partial charge in [-0.25, -0.2) is 4.68 Å². The number of benzene rings is 3. The van der Waals surface area contributed by atoms with Gasteiger partial charge in [-0.05, 0) is 57.0 Å². The molecule has 0 saturated heterocycles. The average molecular weight is 453 g/mol. The molecule has 34 heavy (non-hydrogen) atoms. The first kappa shape index (κ1) is 23.0. The van der Waals surface area contributed by atoms with Crippen molar-refractivity contribution in [2.45, 2.75) is 27.7 Å². The van der Waals surface area contributed by atoms with Gasteiger partial charge in [0.1, 0.15) is 5.69 Å². The standard InChI is InChI=1S/C28H28N4O2/c1-18-9-8-10-22(15-18)27-24(17-32(31-27)23-11-6-5-7-12-23)28(34)29-16-25(33)30-26-20(3)13-19(2)14-21(26)4/h5-15,17H,16H2,1-4H3,(H,29,34)(H,30,33). The third-order valence-electron chi connectivity index (χ3n) is 5.62. The number of anilines is 1. The molecular formula is C28H28N4O2. The molecule has 4 aromatic rings. The van der Waals surface area contributed by atoms with E-state index in [4.69, 9.17) is 5.10 Å². The van der Waals surface area contributed by atoms with Gasteiger partial charge >= 0.3 is 0 Å². The second-order valence-corrected chi connectivity index (χ2v) is 8.55. The number of carbonyl (C=O) groups excluding carboxylic acids is 2. The molecule has 0 fully saturated rings. The van der Waals surface area contributed by atoms with E-state index in [1.807, 2.05) is 94.4 Å². The summed E-state index contributed by atoms with van der Waals surface area (Å²) in [6, 6.07) is 21.5. The Morgan fingerprint density at radius 1 is 0.853 bits per heavy atom. The monoisotopic (exact) mass is 452 g/mol. The maximum Gasteiger partial charge on any atom is 0.255 e. The van der Waals surface area contributed by atoms with Gasteiger partial charge in [0, 0.05) is 17.4 Å². The van der Waals surface area contributed by atoms with E-state index < -0.39 is 0 Å². The summed E-state index contributed by atoms with van der Waals surface area (Å²) in [6.07, 6.45) is 1.70. The Hall–Kier alpha value is -4.19. The largest absolute Gasteiger partial charge is 0.343 e. The zero-order valence-corrected chi connectivity index (χ0v) is 19.8. The van der Waals surface area contributed by atoms with Crippen molar-refractivity contribution in [3.05, 3.63) is 101 Å². The summed E-state index contributed by atoms with van der Waals surface area (Å²) in [6.45, 7) is 7.79. The minimum absolute atomic E-state index is 0.143. The van der Waals surface area contributed by atoms with Crippen LogP contribution in [0.5, 0.6) is 0 Å². The van der Waals surface area contributed by atoms with Crippen LogP contribution < -0.4 is 10.6 Å². The predicted molar refractivity (Wildman–Crippen MR) is 135 cm³/mol. The Bertz CT molecular complexity index is 1330. The van der Waals surface area contributed by atoms with Gasteiger partial charge < -0.3 is 10.6 Å². The fourth-order valence-electron chi connectivity index (χ4n) is 4.08. The lowest BCUT2D eigenvalue weighted by atomic mass is 10.0. The van der Waals surface area contributed by atoms with E-state index in [9.17, 15) is 9.59 Å². The summed E-state index contributed by atoms with van der Waals surface area (Å²) in [5.74, 6) is -0.637. The number of nitrogens with zero attached hydrogens (tertiary/aromatic N) is 2. The van der Waals surface area contributed by atoms with Crippen molar-refractivity contribution in [1.82, 2.24) is 15.1 Å². The maximum atomic E-state index is 13.2. The molecule has 2 N–H and O–H groups in total. The molecule has 6 heteroatoms. The minimum atomic E-state index is -0.355. The molecule has 0 saturated carbocycles. The van der Waals surface area contributed by atoms with Gasteiger partial charge in [-0.3, -0.25) is 9.59 Å². The van der Waals surface area contributed by atoms with Gasteiger partial charge in [0.05, 0.1) is 17.8 Å². The van der Waals surface area contributed by atoms with E-state index in [-0.39, 0.29) is 18.4 Å². The number of amides is 2. The molecule has 1 aromatic heterocycles. The molecule has 3 aromatic carbocycles. The maximum absolute atomic E-state index is 13.2. The quantitative estimate of drug-likeness (QED) is 0.425. The summed E-state index contributed by atoms with van der Waals surface area (Å²) in [7, 11) is 0. The number of hydrogen-bond donors (Lipinski definition) is 2. The van der Waals surface area contributed by atoms with E-state index in [2.05, 4.69) is 10.6 Å². The van der Waals surface area contributed by atoms with E-state index in [1.165, 1.54) is 0 Å². The fourth-order valence-corrected chi connectivity index (χ4v) is 4.08. The van der Waals surface area contributed by atoms with Crippen molar-refractivity contribution >= 4 is 17.5 Å². The van der Waals surface area contributed by atoms with Crippen molar-refractivity contribution in [3.8, 4) is 16.9 Å². The summed E-state index contributed by atoms with van der Waals surface area (Å²) < 4.78 is 1.69. The number of hydrogen-bond acceptors (Lipinski definition) is 3. The van der Waals surface area contributed by atoms with Crippen LogP contribution in [-0.2, 0) is 4.79 Å². The minimum Gasteiger partial charge on any atom is -0.343 e. The molecule has 1 heterocycles. The smallest absolute Gasteiger partial charge is 0.255 e. The summed E-state index contributed by atoms with van der Waals surface area (Å²) in [4.78, 5) is 25.8. The van der Waals surface area contributed by atoms with E-state index in [0.29, 0.717) is 11.3 Å². The third kappa shape index (κ3) is 5.07. The fraction of sp³-hybridized carbons (Fsp3) is 0.179. The number of carbonyl (C=O) groups is 2. The van der Waals surface area contributed by atoms with Crippen LogP contribution >= 0.6 is 0 Å². The number of nitrogens with one attached hydrogen (secondary N) is 2. The van der Waals surface area contributed by atoms with Crippen LogP contribution in [0.3, 0.4) is 0 Å². The van der Waals surface area contributed by atoms with Crippen molar-refractivity contribution in [1.29, 1.82) is 0 Å². The van der Waals surface area contributed by atoms with Crippen molar-refractivity contribution in [2.75, 3.05) is 11.9 Å². The molecule has 0 unspecified atom stereocenters. The molecule has 0 radical (unpaired) electrons. The Balaban J connectivity index is 1.56. The van der Waals surface area contributed by atoms with Crippen molar-refractivity contribution < 1.29 is 9.59 Å². The summed E-state index contributed by atoms with van der Waals surface area (Å²) >= 11 is 0. The Morgan fingerprint density at radius 2 is 1.56 bits per heavy atom. The Kier molecular flexibility index (Phi) is 6.59. The van der Waals surface area contributed by atoms with Gasteiger partial charge in [-0.1, -0.05) is 59.7 Å². The third-order valence-corrected chi connectivity index (χ3v) is 5.62. The Morgan fingerprint density at radius 3 is 2.24 bits per heavy atom.